The molecule has 0 spiro atoms. The molecule has 0 bridgehead atoms. The summed E-state index contributed by atoms with van der Waals surface area (Å²) in [4.78, 5) is 3.88. The molecule has 1 aromatic heterocycles. The Bertz CT molecular complexity index is 506. The predicted molar refractivity (Wildman–Crippen MR) is 63.2 cm³/mol. The van der Waals surface area contributed by atoms with Gasteiger partial charge in [0.15, 0.2) is 0 Å². The Labute approximate surface area is 105 Å². The number of hydrogen-bond donors (Lipinski definition) is 1. The van der Waals surface area contributed by atoms with E-state index in [9.17, 15) is 8.42 Å². The van der Waals surface area contributed by atoms with E-state index in [1.807, 2.05) is 0 Å². The maximum Gasteiger partial charge on any atom is 0.243 e. The number of hydrogen-bond acceptors (Lipinski definition) is 4. The van der Waals surface area contributed by atoms with Crippen LogP contribution in [-0.2, 0) is 10.0 Å². The number of aromatic nitrogens is 1. The Morgan fingerprint density at radius 1 is 1.59 bits per heavy atom. The van der Waals surface area contributed by atoms with E-state index in [0.29, 0.717) is 13.0 Å². The Morgan fingerprint density at radius 2 is 2.35 bits per heavy atom. The van der Waals surface area contributed by atoms with Gasteiger partial charge < -0.3 is 5.11 Å². The first kappa shape index (κ1) is 12.8. The average Bonchev–Trinajstić information content (AvgIpc) is 2.77. The molecular weight excluding hydrogens is 264 g/mol. The van der Waals surface area contributed by atoms with Crippen molar-refractivity contribution in [3.63, 3.8) is 0 Å². The average molecular weight is 277 g/mol. The summed E-state index contributed by atoms with van der Waals surface area (Å²) in [6, 6.07) is 2.41. The highest BCUT2D eigenvalue weighted by molar-refractivity contribution is 7.89. The molecule has 0 aliphatic carbocycles. The smallest absolute Gasteiger partial charge is 0.243 e. The minimum absolute atomic E-state index is 0.123. The van der Waals surface area contributed by atoms with Crippen molar-refractivity contribution in [3.8, 4) is 0 Å². The fourth-order valence-corrected chi connectivity index (χ4v) is 3.93. The topological polar surface area (TPSA) is 70.5 Å². The van der Waals surface area contributed by atoms with Crippen LogP contribution >= 0.6 is 11.6 Å². The van der Waals surface area contributed by atoms with Crippen molar-refractivity contribution < 1.29 is 13.5 Å². The van der Waals surface area contributed by atoms with Crippen LogP contribution in [0.2, 0.25) is 5.15 Å². The number of halogens is 1. The number of rotatable bonds is 3. The summed E-state index contributed by atoms with van der Waals surface area (Å²) in [5, 5.41) is 9.30. The Hall–Kier alpha value is -0.690. The van der Waals surface area contributed by atoms with Gasteiger partial charge in [-0.1, -0.05) is 11.6 Å². The van der Waals surface area contributed by atoms with Crippen LogP contribution < -0.4 is 0 Å². The number of aliphatic hydroxyl groups excluding tert-OH is 1. The molecule has 5 nitrogen and oxygen atoms in total. The van der Waals surface area contributed by atoms with Gasteiger partial charge in [-0.05, 0) is 25.0 Å². The molecule has 2 heterocycles. The van der Waals surface area contributed by atoms with E-state index in [2.05, 4.69) is 4.98 Å². The van der Waals surface area contributed by atoms with Gasteiger partial charge in [0.05, 0.1) is 11.5 Å². The van der Waals surface area contributed by atoms with Gasteiger partial charge in [0, 0.05) is 18.8 Å². The van der Waals surface area contributed by atoms with Gasteiger partial charge in [0.2, 0.25) is 10.0 Å². The second-order valence-electron chi connectivity index (χ2n) is 3.91. The van der Waals surface area contributed by atoms with E-state index < -0.39 is 10.0 Å². The zero-order valence-corrected chi connectivity index (χ0v) is 10.7. The first-order valence-electron chi connectivity index (χ1n) is 5.30. The van der Waals surface area contributed by atoms with Crippen LogP contribution in [0.15, 0.2) is 23.2 Å². The van der Waals surface area contributed by atoms with E-state index in [1.165, 1.54) is 22.6 Å². The lowest BCUT2D eigenvalue weighted by Gasteiger charge is -2.22. The highest BCUT2D eigenvalue weighted by atomic mass is 35.5. The summed E-state index contributed by atoms with van der Waals surface area (Å²) in [5.41, 5.74) is 0. The van der Waals surface area contributed by atoms with Crippen LogP contribution in [0.3, 0.4) is 0 Å². The standard InChI is InChI=1S/C10H13ClN2O3S/c11-10-6-9(3-4-12-10)17(15,16)13-5-1-2-8(13)7-14/h3-4,6,8,14H,1-2,5,7H2/t8-/m0/s1. The molecule has 0 unspecified atom stereocenters. The highest BCUT2D eigenvalue weighted by Crippen LogP contribution is 2.26. The molecule has 7 heteroatoms. The van der Waals surface area contributed by atoms with Crippen molar-refractivity contribution in [2.24, 2.45) is 0 Å². The summed E-state index contributed by atoms with van der Waals surface area (Å²) in [7, 11) is -3.57. The van der Waals surface area contributed by atoms with Crippen LogP contribution in [0.5, 0.6) is 0 Å². The third-order valence-corrected chi connectivity index (χ3v) is 4.99. The summed E-state index contributed by atoms with van der Waals surface area (Å²) in [6.45, 7) is 0.283. The van der Waals surface area contributed by atoms with Crippen molar-refractivity contribution in [2.75, 3.05) is 13.2 Å². The van der Waals surface area contributed by atoms with Gasteiger partial charge in [-0.15, -0.1) is 0 Å². The zero-order chi connectivity index (χ0) is 12.5. The van der Waals surface area contributed by atoms with E-state index in [-0.39, 0.29) is 22.7 Å². The molecule has 17 heavy (non-hydrogen) atoms. The van der Waals surface area contributed by atoms with Gasteiger partial charge >= 0.3 is 0 Å². The van der Waals surface area contributed by atoms with Crippen LogP contribution in [0.25, 0.3) is 0 Å². The van der Waals surface area contributed by atoms with Crippen molar-refractivity contribution in [1.29, 1.82) is 0 Å². The summed E-state index contributed by atoms with van der Waals surface area (Å²) in [5.74, 6) is 0. The van der Waals surface area contributed by atoms with Gasteiger partial charge in [-0.25, -0.2) is 13.4 Å². The van der Waals surface area contributed by atoms with Crippen LogP contribution in [-0.4, -0.2) is 42.0 Å². The zero-order valence-electron chi connectivity index (χ0n) is 9.08. The van der Waals surface area contributed by atoms with Gasteiger partial charge in [-0.2, -0.15) is 4.31 Å². The van der Waals surface area contributed by atoms with Crippen molar-refractivity contribution >= 4 is 21.6 Å². The van der Waals surface area contributed by atoms with Gasteiger partial charge in [-0.3, -0.25) is 0 Å². The fourth-order valence-electron chi connectivity index (χ4n) is 1.99. The second kappa shape index (κ2) is 4.89. The summed E-state index contributed by atoms with van der Waals surface area (Å²) < 4.78 is 25.9. The highest BCUT2D eigenvalue weighted by Gasteiger charge is 2.34. The van der Waals surface area contributed by atoms with E-state index in [0.717, 1.165) is 6.42 Å². The summed E-state index contributed by atoms with van der Waals surface area (Å²) in [6.07, 6.45) is 2.82. The molecule has 0 amide bonds. The largest absolute Gasteiger partial charge is 0.395 e. The van der Waals surface area contributed by atoms with Gasteiger partial charge in [0.1, 0.15) is 5.15 Å². The molecule has 1 fully saturated rings. The maximum absolute atomic E-state index is 12.3. The maximum atomic E-state index is 12.3. The Morgan fingerprint density at radius 3 is 3.00 bits per heavy atom. The number of sulfonamides is 1. The molecular formula is C10H13ClN2O3S. The molecule has 1 saturated heterocycles. The lowest BCUT2D eigenvalue weighted by molar-refractivity contribution is 0.213. The second-order valence-corrected chi connectivity index (χ2v) is 6.19. The summed E-state index contributed by atoms with van der Waals surface area (Å²) >= 11 is 5.68. The van der Waals surface area contributed by atoms with Gasteiger partial charge in [0.25, 0.3) is 0 Å². The molecule has 1 atom stereocenters. The molecule has 1 N–H and O–H groups in total. The quantitative estimate of drug-likeness (QED) is 0.832. The third kappa shape index (κ3) is 2.44. The van der Waals surface area contributed by atoms with E-state index in [4.69, 9.17) is 16.7 Å². The Balaban J connectivity index is 2.36. The normalized spacial score (nSPS) is 21.9. The lowest BCUT2D eigenvalue weighted by Crippen LogP contribution is -2.37. The first-order chi connectivity index (χ1) is 8.05. The van der Waals surface area contributed by atoms with Crippen LogP contribution in [0.1, 0.15) is 12.8 Å². The molecule has 0 saturated carbocycles. The minimum Gasteiger partial charge on any atom is -0.395 e. The molecule has 1 aliphatic heterocycles. The number of aliphatic hydroxyl groups is 1. The predicted octanol–water partition coefficient (Wildman–Crippen LogP) is 0.880. The SMILES string of the molecule is O=S(=O)(c1ccnc(Cl)c1)N1CCC[C@H]1CO. The van der Waals surface area contributed by atoms with Crippen molar-refractivity contribution in [1.82, 2.24) is 9.29 Å². The van der Waals surface area contributed by atoms with Crippen molar-refractivity contribution in [3.05, 3.63) is 23.5 Å². The first-order valence-corrected chi connectivity index (χ1v) is 7.12. The monoisotopic (exact) mass is 276 g/mol. The van der Waals surface area contributed by atoms with E-state index in [1.54, 1.807) is 0 Å². The van der Waals surface area contributed by atoms with Crippen LogP contribution in [0.4, 0.5) is 0 Å². The molecule has 2 rings (SSSR count). The van der Waals surface area contributed by atoms with Crippen molar-refractivity contribution in [2.45, 2.75) is 23.8 Å². The molecule has 1 aliphatic rings. The molecule has 1 aromatic rings. The molecule has 0 radical (unpaired) electrons. The fraction of sp³-hybridized carbons (Fsp3) is 0.500. The number of nitrogens with zero attached hydrogens (tertiary/aromatic N) is 2. The minimum atomic E-state index is -3.57. The number of pyridine rings is 1. The van der Waals surface area contributed by atoms with Crippen LogP contribution in [0, 0.1) is 0 Å². The third-order valence-electron chi connectivity index (χ3n) is 2.84. The van der Waals surface area contributed by atoms with E-state index >= 15 is 0 Å². The lowest BCUT2D eigenvalue weighted by atomic mass is 10.2. The molecule has 94 valence electrons. The Kier molecular flexibility index (Phi) is 3.67. The molecule has 0 aromatic carbocycles.